The van der Waals surface area contributed by atoms with Crippen LogP contribution in [0.2, 0.25) is 0 Å². The van der Waals surface area contributed by atoms with Crippen LogP contribution in [-0.2, 0) is 19.7 Å². The number of carbonyl (C=O) groups excluding carboxylic acids is 1. The molecular weight excluding hydrogens is 422 g/mol. The summed E-state index contributed by atoms with van der Waals surface area (Å²) in [5.74, 6) is 0.584. The molecule has 0 radical (unpaired) electrons. The molecule has 0 bridgehead atoms. The third kappa shape index (κ3) is 4.09. The molecule has 3 rings (SSSR count). The molecule has 1 aliphatic carbocycles. The van der Waals surface area contributed by atoms with Gasteiger partial charge in [0.25, 0.3) is 10.0 Å². The molecule has 0 amide bonds. The Labute approximate surface area is 181 Å². The largest absolute Gasteiger partial charge is 0.504 e. The Morgan fingerprint density at radius 1 is 1.26 bits per heavy atom. The van der Waals surface area contributed by atoms with Crippen LogP contribution in [0, 0.1) is 6.92 Å². The number of anilines is 1. The lowest BCUT2D eigenvalue weighted by molar-refractivity contribution is -0.113. The van der Waals surface area contributed by atoms with Gasteiger partial charge in [0.1, 0.15) is 22.1 Å². The highest BCUT2D eigenvalue weighted by atomic mass is 32.2. The van der Waals surface area contributed by atoms with Crippen LogP contribution in [0.4, 0.5) is 5.69 Å². The third-order valence-electron chi connectivity index (χ3n) is 4.87. The van der Waals surface area contributed by atoms with E-state index in [1.54, 1.807) is 6.92 Å². The van der Waals surface area contributed by atoms with Crippen LogP contribution in [0.3, 0.4) is 0 Å². The van der Waals surface area contributed by atoms with E-state index < -0.39 is 15.8 Å². The number of sulfonamides is 1. The summed E-state index contributed by atoms with van der Waals surface area (Å²) in [6, 6.07) is 7.61. The summed E-state index contributed by atoms with van der Waals surface area (Å²) < 4.78 is 31.8. The number of nitrogens with zero attached hydrogens (tertiary/aromatic N) is 1. The molecule has 1 unspecified atom stereocenters. The van der Waals surface area contributed by atoms with Gasteiger partial charge >= 0.3 is 0 Å². The minimum atomic E-state index is -4.09. The molecule has 31 heavy (non-hydrogen) atoms. The molecule has 2 aromatic rings. The second-order valence-corrected chi connectivity index (χ2v) is 8.75. The normalized spacial score (nSPS) is 15.3. The van der Waals surface area contributed by atoms with E-state index in [4.69, 9.17) is 9.25 Å². The summed E-state index contributed by atoms with van der Waals surface area (Å²) in [6.07, 6.45) is 0. The molecule has 1 aromatic carbocycles. The Kier molecular flexibility index (Phi) is 6.25. The topological polar surface area (TPSA) is 121 Å². The summed E-state index contributed by atoms with van der Waals surface area (Å²) >= 11 is 0. The number of hydrogen-bond donors (Lipinski definition) is 3. The number of Topliss-reactive ketones (excluding diaryl/α,β-unsaturated/α-hetero) is 1. The fraction of sp³-hybridized carbons (Fsp3) is 0.286. The highest BCUT2D eigenvalue weighted by Crippen LogP contribution is 2.37. The van der Waals surface area contributed by atoms with E-state index in [-0.39, 0.29) is 40.2 Å². The summed E-state index contributed by atoms with van der Waals surface area (Å²) in [5, 5.41) is 16.6. The lowest BCUT2D eigenvalue weighted by Crippen LogP contribution is -2.36. The Bertz CT molecular complexity index is 1160. The molecular formula is C21H25N3O6S. The van der Waals surface area contributed by atoms with Gasteiger partial charge in [0.2, 0.25) is 5.78 Å². The number of aryl methyl sites for hydroxylation is 1. The van der Waals surface area contributed by atoms with Crippen LogP contribution in [0.1, 0.15) is 31.4 Å². The monoisotopic (exact) mass is 447 g/mol. The quantitative estimate of drug-likeness (QED) is 0.305. The van der Waals surface area contributed by atoms with Gasteiger partial charge in [-0.3, -0.25) is 9.63 Å². The first kappa shape index (κ1) is 22.6. The van der Waals surface area contributed by atoms with E-state index in [1.807, 2.05) is 26.0 Å². The first-order valence-electron chi connectivity index (χ1n) is 9.58. The zero-order valence-corrected chi connectivity index (χ0v) is 18.5. The minimum Gasteiger partial charge on any atom is -0.504 e. The minimum absolute atomic E-state index is 0.0532. The van der Waals surface area contributed by atoms with E-state index in [0.29, 0.717) is 11.5 Å². The lowest BCUT2D eigenvalue weighted by Gasteiger charge is -2.29. The summed E-state index contributed by atoms with van der Waals surface area (Å²) in [6.45, 7) is 9.13. The van der Waals surface area contributed by atoms with Crippen LogP contribution in [0.15, 0.2) is 63.2 Å². The molecule has 0 aliphatic heterocycles. The van der Waals surface area contributed by atoms with Gasteiger partial charge in [-0.1, -0.05) is 17.1 Å². The van der Waals surface area contributed by atoms with Crippen molar-refractivity contribution in [2.75, 3.05) is 19.0 Å². The average molecular weight is 448 g/mol. The maximum Gasteiger partial charge on any atom is 0.268 e. The predicted molar refractivity (Wildman–Crippen MR) is 114 cm³/mol. The molecule has 0 spiro atoms. The number of ketones is 1. The molecule has 10 heteroatoms. The van der Waals surface area contributed by atoms with E-state index in [0.717, 1.165) is 10.2 Å². The van der Waals surface area contributed by atoms with Gasteiger partial charge in [0.15, 0.2) is 5.75 Å². The molecule has 0 saturated heterocycles. The van der Waals surface area contributed by atoms with Crippen LogP contribution in [-0.4, -0.2) is 37.4 Å². The van der Waals surface area contributed by atoms with Crippen molar-refractivity contribution in [1.82, 2.24) is 9.79 Å². The van der Waals surface area contributed by atoms with Crippen molar-refractivity contribution in [3.8, 4) is 5.75 Å². The maximum atomic E-state index is 12.7. The van der Waals surface area contributed by atoms with Gasteiger partial charge in [-0.2, -0.15) is 0 Å². The average Bonchev–Trinajstić information content (AvgIpc) is 3.18. The summed E-state index contributed by atoms with van der Waals surface area (Å²) in [4.78, 5) is 16.9. The van der Waals surface area contributed by atoms with Crippen LogP contribution in [0.5, 0.6) is 5.75 Å². The Morgan fingerprint density at radius 3 is 2.55 bits per heavy atom. The zero-order valence-electron chi connectivity index (χ0n) is 17.7. The van der Waals surface area contributed by atoms with Gasteiger partial charge in [-0.25, -0.2) is 8.42 Å². The molecule has 3 N–H and O–H groups in total. The van der Waals surface area contributed by atoms with Crippen molar-refractivity contribution >= 4 is 21.5 Å². The van der Waals surface area contributed by atoms with Crippen molar-refractivity contribution in [3.05, 3.63) is 65.4 Å². The van der Waals surface area contributed by atoms with E-state index in [9.17, 15) is 18.3 Å². The highest BCUT2D eigenvalue weighted by molar-refractivity contribution is 7.89. The standard InChI is InChI=1S/C21H25N3O6S/c1-6-24(29-5)31(27,28)17-9-7-8-15(21(17)26)23-19-18(13(3)20(19)25)22-14(4)16-11-10-12(2)30-16/h7-11,14,22-23,26H,3,6H2,1-2,4-5H3. The van der Waals surface area contributed by atoms with Gasteiger partial charge < -0.3 is 20.2 Å². The van der Waals surface area contributed by atoms with E-state index >= 15 is 0 Å². The number of carbonyl (C=O) groups is 1. The zero-order chi connectivity index (χ0) is 22.9. The van der Waals surface area contributed by atoms with E-state index in [2.05, 4.69) is 17.2 Å². The number of rotatable bonds is 9. The van der Waals surface area contributed by atoms with Crippen molar-refractivity contribution in [2.45, 2.75) is 31.7 Å². The number of allylic oxidation sites excluding steroid dienone is 2. The fourth-order valence-electron chi connectivity index (χ4n) is 3.19. The number of aromatic hydroxyl groups is 1. The van der Waals surface area contributed by atoms with Gasteiger partial charge in [-0.15, -0.1) is 0 Å². The van der Waals surface area contributed by atoms with Crippen molar-refractivity contribution in [3.63, 3.8) is 0 Å². The third-order valence-corrected chi connectivity index (χ3v) is 6.70. The first-order valence-corrected chi connectivity index (χ1v) is 11.0. The van der Waals surface area contributed by atoms with Crippen LogP contribution >= 0.6 is 0 Å². The number of hydroxylamine groups is 1. The fourth-order valence-corrected chi connectivity index (χ4v) is 4.55. The van der Waals surface area contributed by atoms with Crippen LogP contribution < -0.4 is 10.6 Å². The van der Waals surface area contributed by atoms with Crippen molar-refractivity contribution in [2.24, 2.45) is 0 Å². The number of furan rings is 1. The Hall–Kier alpha value is -3.08. The number of benzene rings is 1. The number of para-hydroxylation sites is 1. The molecule has 1 aromatic heterocycles. The number of phenols is 1. The SMILES string of the molecule is C=C1C(=O)C(Nc2cccc(S(=O)(=O)N(CC)OC)c2O)=C1NC(C)c1ccc(C)o1. The van der Waals surface area contributed by atoms with Crippen LogP contribution in [0.25, 0.3) is 0 Å². The Morgan fingerprint density at radius 2 is 1.97 bits per heavy atom. The Balaban J connectivity index is 1.92. The van der Waals surface area contributed by atoms with E-state index in [1.165, 1.54) is 25.3 Å². The molecule has 0 saturated carbocycles. The number of phenolic OH excluding ortho intramolecular Hbond substituents is 1. The number of hydrogen-bond acceptors (Lipinski definition) is 8. The molecule has 0 fully saturated rings. The second-order valence-electron chi connectivity index (χ2n) is 6.96. The second kappa shape index (κ2) is 8.58. The summed E-state index contributed by atoms with van der Waals surface area (Å²) in [5.41, 5.74) is 0.970. The summed E-state index contributed by atoms with van der Waals surface area (Å²) in [7, 11) is -2.87. The van der Waals surface area contributed by atoms with Crippen molar-refractivity contribution < 1.29 is 27.6 Å². The van der Waals surface area contributed by atoms with Gasteiger partial charge in [0, 0.05) is 12.1 Å². The molecule has 1 heterocycles. The van der Waals surface area contributed by atoms with Gasteiger partial charge in [-0.05, 0) is 45.0 Å². The van der Waals surface area contributed by atoms with Gasteiger partial charge in [0.05, 0.1) is 24.5 Å². The lowest BCUT2D eigenvalue weighted by atomic mass is 9.92. The predicted octanol–water partition coefficient (Wildman–Crippen LogP) is 2.98. The highest BCUT2D eigenvalue weighted by Gasteiger charge is 2.35. The maximum absolute atomic E-state index is 12.7. The smallest absolute Gasteiger partial charge is 0.268 e. The molecule has 166 valence electrons. The number of nitrogens with one attached hydrogen (secondary N) is 2. The first-order chi connectivity index (χ1) is 14.6. The molecule has 1 atom stereocenters. The molecule has 1 aliphatic rings. The van der Waals surface area contributed by atoms with Crippen molar-refractivity contribution in [1.29, 1.82) is 0 Å². The molecule has 9 nitrogen and oxygen atoms in total.